The Morgan fingerprint density at radius 1 is 0.750 bits per heavy atom. The van der Waals surface area contributed by atoms with Crippen LogP contribution in [0.2, 0.25) is 0 Å². The summed E-state index contributed by atoms with van der Waals surface area (Å²) in [5.74, 6) is -6.57. The summed E-state index contributed by atoms with van der Waals surface area (Å²) in [5, 5.41) is 32.5. The molecule has 0 spiro atoms. The molecule has 0 unspecified atom stereocenters. The molecule has 466 valence electrons. The van der Waals surface area contributed by atoms with E-state index in [1.165, 1.54) is 16.7 Å². The number of nitrogens with two attached hydrogens (primary N) is 2. The predicted molar refractivity (Wildman–Crippen MR) is 320 cm³/mol. The highest BCUT2D eigenvalue weighted by atomic mass is 32.2. The van der Waals surface area contributed by atoms with Gasteiger partial charge in [0.15, 0.2) is 6.10 Å². The number of carbonyl (C=O) groups excluding carboxylic acids is 11. The number of fused-ring (bicyclic) bond motifs is 1. The number of nitrogens with zero attached hydrogens (tertiary/aromatic N) is 3. The molecule has 1 aromatic heterocycles. The normalized spacial score (nSPS) is 19.3. The van der Waals surface area contributed by atoms with E-state index in [1.54, 1.807) is 18.0 Å². The standard InChI is InChI=1S/C54H84N14O13S3/c1-31(46(72)62-37(14-6-8-19-57-48(74)41-29-84-30-60-41)50(76)63-38(18-23-69)52(78)67-21-10-16-42(67)45(56)71)81-54(80)43-17-11-22-68(43)53(79)40(28-83)65-51(77)39(24-32-25-58-35-13-5-4-12-33(32)35)64-49(75)36(15-7-9-20-66(2)3)61-44(70)26-59-47(73)34(55)27-82/h4-5,12-13,25,31,34,36-43,58,60,69,82-83H,6-11,14-24,26-30,55H2,1-3H3,(H2,56,71)(H,57,74)(H,59,73)(H,61,70)(H,62,72)(H,63,76)(H,64,75)(H,65,77)/t31-,34-,36-,37-,38-,39-,40-,41-,42-,43-/m0/s1. The fourth-order valence-corrected chi connectivity index (χ4v) is 11.4. The predicted octanol–water partition coefficient (Wildman–Crippen LogP) is -3.10. The summed E-state index contributed by atoms with van der Waals surface area (Å²) in [7, 11) is 3.80. The number of amides is 10. The minimum absolute atomic E-state index is 0.00953. The van der Waals surface area contributed by atoms with E-state index < -0.39 is 127 Å². The van der Waals surface area contributed by atoms with Gasteiger partial charge in [-0.1, -0.05) is 18.2 Å². The van der Waals surface area contributed by atoms with Gasteiger partial charge in [0, 0.05) is 72.9 Å². The first-order valence-corrected chi connectivity index (χ1v) is 30.9. The zero-order chi connectivity index (χ0) is 61.5. The van der Waals surface area contributed by atoms with Crippen molar-refractivity contribution in [3.8, 4) is 0 Å². The van der Waals surface area contributed by atoms with Crippen molar-refractivity contribution in [2.24, 2.45) is 11.5 Å². The number of aliphatic hydroxyl groups excluding tert-OH is 1. The number of primary amides is 1. The van der Waals surface area contributed by atoms with Gasteiger partial charge >= 0.3 is 5.97 Å². The maximum Gasteiger partial charge on any atom is 0.329 e. The number of hydrogen-bond acceptors (Lipinski definition) is 19. The molecule has 10 atom stereocenters. The van der Waals surface area contributed by atoms with Crippen molar-refractivity contribution < 1.29 is 62.6 Å². The average molecular weight is 1230 g/mol. The van der Waals surface area contributed by atoms with Crippen LogP contribution in [0.5, 0.6) is 0 Å². The number of ether oxygens (including phenoxy) is 1. The van der Waals surface area contributed by atoms with Gasteiger partial charge in [0.2, 0.25) is 53.2 Å². The van der Waals surface area contributed by atoms with Crippen molar-refractivity contribution in [1.29, 1.82) is 0 Å². The fraction of sp³-hybridized carbons (Fsp3) is 0.648. The van der Waals surface area contributed by atoms with E-state index in [-0.39, 0.29) is 75.2 Å². The van der Waals surface area contributed by atoms with Gasteiger partial charge in [-0.15, -0.1) is 11.8 Å². The Balaban J connectivity index is 1.27. The number of para-hydroxylation sites is 1. The van der Waals surface area contributed by atoms with Crippen molar-refractivity contribution >= 4 is 113 Å². The average Bonchev–Trinajstić information content (AvgIpc) is 4.54. The molecule has 5 rings (SSSR count). The molecule has 27 nitrogen and oxygen atoms in total. The van der Waals surface area contributed by atoms with Crippen LogP contribution in [-0.4, -0.2) is 227 Å². The molecule has 0 saturated carbocycles. The largest absolute Gasteiger partial charge is 0.451 e. The minimum Gasteiger partial charge on any atom is -0.451 e. The van der Waals surface area contributed by atoms with Crippen LogP contribution in [0.3, 0.4) is 0 Å². The van der Waals surface area contributed by atoms with E-state index in [2.05, 4.69) is 72.8 Å². The lowest BCUT2D eigenvalue weighted by atomic mass is 10.0. The van der Waals surface area contributed by atoms with Gasteiger partial charge in [-0.3, -0.25) is 53.3 Å². The number of likely N-dealkylation sites (tertiary alicyclic amines) is 2. The lowest BCUT2D eigenvalue weighted by molar-refractivity contribution is -0.162. The van der Waals surface area contributed by atoms with E-state index in [0.29, 0.717) is 68.7 Å². The van der Waals surface area contributed by atoms with Crippen LogP contribution in [0.15, 0.2) is 30.5 Å². The second kappa shape index (κ2) is 34.7. The molecule has 10 amide bonds. The van der Waals surface area contributed by atoms with Crippen LogP contribution >= 0.6 is 37.0 Å². The van der Waals surface area contributed by atoms with Crippen LogP contribution < -0.4 is 54.0 Å². The summed E-state index contributed by atoms with van der Waals surface area (Å²) in [5.41, 5.74) is 12.7. The topological polar surface area (TPSA) is 391 Å². The van der Waals surface area contributed by atoms with Crippen molar-refractivity contribution in [1.82, 2.24) is 62.2 Å². The van der Waals surface area contributed by atoms with Gasteiger partial charge in [-0.25, -0.2) is 4.79 Å². The zero-order valence-electron chi connectivity index (χ0n) is 47.9. The molecule has 30 heteroatoms. The second-order valence-corrected chi connectivity index (χ2v) is 23.1. The third-order valence-electron chi connectivity index (χ3n) is 14.7. The molecular weight excluding hydrogens is 1150 g/mol. The second-order valence-electron chi connectivity index (χ2n) is 21.3. The maximum absolute atomic E-state index is 14.5. The highest BCUT2D eigenvalue weighted by molar-refractivity contribution is 7.99. The quantitative estimate of drug-likeness (QED) is 0.0187. The van der Waals surface area contributed by atoms with Crippen LogP contribution in [0.4, 0.5) is 0 Å². The number of carbonyl (C=O) groups is 11. The highest BCUT2D eigenvalue weighted by Gasteiger charge is 2.42. The van der Waals surface area contributed by atoms with E-state index in [9.17, 15) is 57.8 Å². The third kappa shape index (κ3) is 20.5. The summed E-state index contributed by atoms with van der Waals surface area (Å²) >= 11 is 10.0. The Kier molecular flexibility index (Phi) is 28.3. The lowest BCUT2D eigenvalue weighted by Gasteiger charge is -2.30. The smallest absolute Gasteiger partial charge is 0.329 e. The molecule has 2 aromatic rings. The van der Waals surface area contributed by atoms with Crippen LogP contribution in [0.1, 0.15) is 83.1 Å². The number of hydrogen-bond donors (Lipinski definition) is 14. The van der Waals surface area contributed by atoms with Crippen molar-refractivity contribution in [3.63, 3.8) is 0 Å². The first-order chi connectivity index (χ1) is 40.2. The third-order valence-corrected chi connectivity index (χ3v) is 16.4. The van der Waals surface area contributed by atoms with E-state index >= 15 is 0 Å². The fourth-order valence-electron chi connectivity index (χ4n) is 10.0. The minimum atomic E-state index is -1.52. The van der Waals surface area contributed by atoms with Crippen molar-refractivity contribution in [2.75, 3.05) is 76.6 Å². The number of benzene rings is 1. The SMILES string of the molecule is C[C@H](OC(=O)[C@@H]1CCCN1C(=O)[C@H](CS)NC(=O)[C@H](Cc1c[nH]c2ccccc12)NC(=O)[C@H](CCCCN(C)C)NC(=O)CNC(=O)[C@@H](N)CS)C(=O)N[C@@H](CCCCNC(=O)[C@@H]1CSCN1)C(=O)N[C@@H](CCO)C(=O)N1CCC[C@H]1C(N)=O. The molecule has 3 fully saturated rings. The molecule has 3 aliphatic rings. The molecule has 84 heavy (non-hydrogen) atoms. The van der Waals surface area contributed by atoms with Gasteiger partial charge in [0.05, 0.1) is 18.6 Å². The van der Waals surface area contributed by atoms with Gasteiger partial charge < -0.3 is 78.2 Å². The van der Waals surface area contributed by atoms with E-state index in [1.807, 2.05) is 43.3 Å². The summed E-state index contributed by atoms with van der Waals surface area (Å²) < 4.78 is 5.66. The molecule has 1 aromatic carbocycles. The van der Waals surface area contributed by atoms with E-state index in [4.69, 9.17) is 16.2 Å². The number of thioether (sulfide) groups is 1. The Bertz CT molecular complexity index is 2610. The molecule has 0 radical (unpaired) electrons. The van der Waals surface area contributed by atoms with Crippen LogP contribution in [-0.2, 0) is 63.9 Å². The molecule has 4 heterocycles. The first kappa shape index (κ1) is 68.6. The number of aromatic amines is 1. The van der Waals surface area contributed by atoms with Crippen LogP contribution in [0, 0.1) is 0 Å². The number of aliphatic hydroxyl groups is 1. The molecule has 14 N–H and O–H groups in total. The van der Waals surface area contributed by atoms with E-state index in [0.717, 1.165) is 10.9 Å². The Morgan fingerprint density at radius 2 is 1.36 bits per heavy atom. The molecule has 0 aliphatic carbocycles. The summed E-state index contributed by atoms with van der Waals surface area (Å²) in [6, 6.07) is -2.50. The summed E-state index contributed by atoms with van der Waals surface area (Å²) in [4.78, 5) is 157. The molecular formula is C54H84N14O13S3. The summed E-state index contributed by atoms with van der Waals surface area (Å²) in [6.45, 7) is 1.52. The molecule has 0 bridgehead atoms. The monoisotopic (exact) mass is 1230 g/mol. The molecule has 3 aliphatic heterocycles. The summed E-state index contributed by atoms with van der Waals surface area (Å²) in [6.07, 6.45) is 3.25. The lowest BCUT2D eigenvalue weighted by Crippen LogP contribution is -2.59. The van der Waals surface area contributed by atoms with Crippen molar-refractivity contribution in [2.45, 2.75) is 144 Å². The Labute approximate surface area is 504 Å². The van der Waals surface area contributed by atoms with Crippen molar-refractivity contribution in [3.05, 3.63) is 36.0 Å². The van der Waals surface area contributed by atoms with Gasteiger partial charge in [-0.05, 0) is 110 Å². The number of H-pyrrole nitrogens is 1. The Hall–Kier alpha value is -6.18. The first-order valence-electron chi connectivity index (χ1n) is 28.4. The van der Waals surface area contributed by atoms with Gasteiger partial charge in [0.25, 0.3) is 5.91 Å². The Morgan fingerprint density at radius 3 is 2.00 bits per heavy atom. The highest BCUT2D eigenvalue weighted by Crippen LogP contribution is 2.23. The van der Waals surface area contributed by atoms with Gasteiger partial charge in [0.1, 0.15) is 42.3 Å². The number of nitrogens with one attached hydrogen (secondary N) is 9. The number of esters is 1. The maximum atomic E-state index is 14.5. The number of aromatic nitrogens is 1. The number of unbranched alkanes of at least 4 members (excludes halogenated alkanes) is 2. The van der Waals surface area contributed by atoms with Gasteiger partial charge in [-0.2, -0.15) is 25.3 Å². The zero-order valence-corrected chi connectivity index (χ0v) is 50.5. The number of rotatable bonds is 34. The molecule has 3 saturated heterocycles. The number of thiol groups is 2. The van der Waals surface area contributed by atoms with Crippen LogP contribution in [0.25, 0.3) is 10.9 Å².